The lowest BCUT2D eigenvalue weighted by Crippen LogP contribution is -2.43. The fraction of sp³-hybridized carbons (Fsp3) is 0.500. The molecule has 98 valence electrons. The second-order valence-electron chi connectivity index (χ2n) is 3.98. The fourth-order valence-electron chi connectivity index (χ4n) is 1.96. The van der Waals surface area contributed by atoms with E-state index in [0.29, 0.717) is 11.4 Å². The third-order valence-corrected chi connectivity index (χ3v) is 2.90. The molecule has 1 fully saturated rings. The van der Waals surface area contributed by atoms with E-state index in [9.17, 15) is 4.79 Å². The zero-order chi connectivity index (χ0) is 13.0. The smallest absolute Gasteiger partial charge is 0.339 e. The quantitative estimate of drug-likeness (QED) is 0.779. The van der Waals surface area contributed by atoms with Crippen LogP contribution in [0.3, 0.4) is 0 Å². The summed E-state index contributed by atoms with van der Waals surface area (Å²) in [7, 11) is 2.93. The molecule has 2 rings (SSSR count). The first-order valence-electron chi connectivity index (χ1n) is 5.84. The highest BCUT2D eigenvalue weighted by atomic mass is 16.5. The lowest BCUT2D eigenvalue weighted by Gasteiger charge is -2.30. The molecule has 0 bridgehead atoms. The number of hydrogen-bond donors (Lipinski definition) is 1. The predicted octanol–water partition coefficient (Wildman–Crippen LogP) is 0.286. The van der Waals surface area contributed by atoms with Crippen LogP contribution in [0.2, 0.25) is 0 Å². The normalized spacial score (nSPS) is 15.3. The lowest BCUT2D eigenvalue weighted by molar-refractivity contribution is 0.0600. The van der Waals surface area contributed by atoms with E-state index in [1.807, 2.05) is 0 Å². The minimum atomic E-state index is -0.387. The van der Waals surface area contributed by atoms with Gasteiger partial charge >= 0.3 is 5.97 Å². The third-order valence-electron chi connectivity index (χ3n) is 2.90. The molecular weight excluding hydrogens is 234 g/mol. The van der Waals surface area contributed by atoms with Gasteiger partial charge in [-0.25, -0.2) is 9.78 Å². The van der Waals surface area contributed by atoms with Crippen molar-refractivity contribution in [3.05, 3.63) is 17.8 Å². The molecule has 2 heterocycles. The molecule has 6 heteroatoms. The largest absolute Gasteiger partial charge is 0.480 e. The molecule has 18 heavy (non-hydrogen) atoms. The summed E-state index contributed by atoms with van der Waals surface area (Å²) < 4.78 is 9.94. The summed E-state index contributed by atoms with van der Waals surface area (Å²) in [6.45, 7) is 3.54. The number of methoxy groups -OCH3 is 2. The topological polar surface area (TPSA) is 63.7 Å². The monoisotopic (exact) mass is 251 g/mol. The number of carbonyl (C=O) groups excluding carboxylic acids is 1. The van der Waals surface area contributed by atoms with Crippen molar-refractivity contribution in [2.24, 2.45) is 0 Å². The molecule has 0 unspecified atom stereocenters. The number of rotatable bonds is 3. The molecule has 0 amide bonds. The zero-order valence-electron chi connectivity index (χ0n) is 10.6. The molecule has 1 aliphatic rings. The SMILES string of the molecule is COC(=O)c1cnc(OC)c(N2CCNCC2)c1. The maximum absolute atomic E-state index is 11.5. The van der Waals surface area contributed by atoms with Crippen LogP contribution in [0.15, 0.2) is 12.3 Å². The minimum absolute atomic E-state index is 0.387. The summed E-state index contributed by atoms with van der Waals surface area (Å²) in [6, 6.07) is 1.77. The number of ether oxygens (including phenoxy) is 2. The molecule has 1 N–H and O–H groups in total. The lowest BCUT2D eigenvalue weighted by atomic mass is 10.2. The molecule has 1 saturated heterocycles. The fourth-order valence-corrected chi connectivity index (χ4v) is 1.96. The van der Waals surface area contributed by atoms with E-state index in [0.717, 1.165) is 31.9 Å². The van der Waals surface area contributed by atoms with Gasteiger partial charge < -0.3 is 19.7 Å². The van der Waals surface area contributed by atoms with Gasteiger partial charge in [-0.05, 0) is 6.07 Å². The highest BCUT2D eigenvalue weighted by Gasteiger charge is 2.18. The first-order chi connectivity index (χ1) is 8.76. The maximum atomic E-state index is 11.5. The Morgan fingerprint density at radius 1 is 1.39 bits per heavy atom. The number of pyridine rings is 1. The molecular formula is C12H17N3O3. The van der Waals surface area contributed by atoms with Gasteiger partial charge in [0.05, 0.1) is 19.8 Å². The summed E-state index contributed by atoms with van der Waals surface area (Å²) in [5, 5.41) is 3.28. The standard InChI is InChI=1S/C12H17N3O3/c1-17-11-10(15-5-3-13-4-6-15)7-9(8-14-11)12(16)18-2/h7-8,13H,3-6H2,1-2H3. The Bertz CT molecular complexity index is 431. The van der Waals surface area contributed by atoms with Crippen LogP contribution in [-0.4, -0.2) is 51.4 Å². The Balaban J connectivity index is 2.32. The van der Waals surface area contributed by atoms with E-state index >= 15 is 0 Å². The van der Waals surface area contributed by atoms with Crippen LogP contribution < -0.4 is 15.0 Å². The second-order valence-corrected chi connectivity index (χ2v) is 3.98. The van der Waals surface area contributed by atoms with Crippen molar-refractivity contribution in [1.82, 2.24) is 10.3 Å². The molecule has 0 saturated carbocycles. The summed E-state index contributed by atoms with van der Waals surface area (Å²) >= 11 is 0. The Labute approximate surface area is 106 Å². The van der Waals surface area contributed by atoms with Crippen LogP contribution in [-0.2, 0) is 4.74 Å². The predicted molar refractivity (Wildman–Crippen MR) is 67.2 cm³/mol. The average molecular weight is 251 g/mol. The van der Waals surface area contributed by atoms with Crippen LogP contribution in [0.5, 0.6) is 5.88 Å². The van der Waals surface area contributed by atoms with Gasteiger partial charge in [0.1, 0.15) is 5.69 Å². The molecule has 1 aromatic rings. The highest BCUT2D eigenvalue weighted by Crippen LogP contribution is 2.27. The molecule has 0 aromatic carbocycles. The van der Waals surface area contributed by atoms with Gasteiger partial charge in [-0.2, -0.15) is 0 Å². The number of aromatic nitrogens is 1. The van der Waals surface area contributed by atoms with Crippen molar-refractivity contribution in [1.29, 1.82) is 0 Å². The van der Waals surface area contributed by atoms with Gasteiger partial charge in [0.15, 0.2) is 0 Å². The maximum Gasteiger partial charge on any atom is 0.339 e. The number of piperazine rings is 1. The molecule has 0 atom stereocenters. The van der Waals surface area contributed by atoms with E-state index < -0.39 is 0 Å². The first-order valence-corrected chi connectivity index (χ1v) is 5.84. The van der Waals surface area contributed by atoms with Gasteiger partial charge in [-0.1, -0.05) is 0 Å². The van der Waals surface area contributed by atoms with Crippen LogP contribution in [0.25, 0.3) is 0 Å². The Kier molecular flexibility index (Phi) is 3.99. The van der Waals surface area contributed by atoms with E-state index in [1.165, 1.54) is 13.3 Å². The summed E-state index contributed by atoms with van der Waals surface area (Å²) in [6.07, 6.45) is 1.47. The summed E-state index contributed by atoms with van der Waals surface area (Å²) in [5.74, 6) is 0.145. The Hall–Kier alpha value is -1.82. The Morgan fingerprint density at radius 3 is 2.72 bits per heavy atom. The first kappa shape index (κ1) is 12.6. The number of nitrogens with one attached hydrogen (secondary N) is 1. The van der Waals surface area contributed by atoms with Gasteiger partial charge in [-0.3, -0.25) is 0 Å². The van der Waals surface area contributed by atoms with Crippen LogP contribution >= 0.6 is 0 Å². The van der Waals surface area contributed by atoms with Crippen LogP contribution in [0, 0.1) is 0 Å². The van der Waals surface area contributed by atoms with Crippen molar-refractivity contribution >= 4 is 11.7 Å². The number of esters is 1. The van der Waals surface area contributed by atoms with E-state index in [1.54, 1.807) is 13.2 Å². The van der Waals surface area contributed by atoms with Crippen LogP contribution in [0.1, 0.15) is 10.4 Å². The van der Waals surface area contributed by atoms with Crippen molar-refractivity contribution in [2.75, 3.05) is 45.3 Å². The van der Waals surface area contributed by atoms with E-state index in [2.05, 4.69) is 15.2 Å². The van der Waals surface area contributed by atoms with Crippen molar-refractivity contribution in [3.8, 4) is 5.88 Å². The number of nitrogens with zero attached hydrogens (tertiary/aromatic N) is 2. The second kappa shape index (κ2) is 5.68. The highest BCUT2D eigenvalue weighted by molar-refractivity contribution is 5.90. The van der Waals surface area contributed by atoms with Gasteiger partial charge in [0, 0.05) is 32.4 Å². The Morgan fingerprint density at radius 2 is 2.11 bits per heavy atom. The van der Waals surface area contributed by atoms with Crippen molar-refractivity contribution in [3.63, 3.8) is 0 Å². The number of hydrogen-bond acceptors (Lipinski definition) is 6. The van der Waals surface area contributed by atoms with Gasteiger partial charge in [-0.15, -0.1) is 0 Å². The number of carbonyl (C=O) groups is 1. The zero-order valence-corrected chi connectivity index (χ0v) is 10.6. The van der Waals surface area contributed by atoms with Gasteiger partial charge in [0.2, 0.25) is 5.88 Å². The molecule has 0 spiro atoms. The van der Waals surface area contributed by atoms with E-state index in [-0.39, 0.29) is 5.97 Å². The van der Waals surface area contributed by atoms with Gasteiger partial charge in [0.25, 0.3) is 0 Å². The average Bonchev–Trinajstić information content (AvgIpc) is 2.46. The van der Waals surface area contributed by atoms with Crippen molar-refractivity contribution in [2.45, 2.75) is 0 Å². The molecule has 0 radical (unpaired) electrons. The minimum Gasteiger partial charge on any atom is -0.480 e. The summed E-state index contributed by atoms with van der Waals surface area (Å²) in [5.41, 5.74) is 1.27. The molecule has 0 aliphatic carbocycles. The van der Waals surface area contributed by atoms with E-state index in [4.69, 9.17) is 9.47 Å². The summed E-state index contributed by atoms with van der Waals surface area (Å²) in [4.78, 5) is 17.8. The number of anilines is 1. The molecule has 6 nitrogen and oxygen atoms in total. The third kappa shape index (κ3) is 2.53. The molecule has 1 aliphatic heterocycles. The molecule has 1 aromatic heterocycles. The van der Waals surface area contributed by atoms with Crippen LogP contribution in [0.4, 0.5) is 5.69 Å². The van der Waals surface area contributed by atoms with Crippen molar-refractivity contribution < 1.29 is 14.3 Å².